The molecule has 0 saturated heterocycles. The molecule has 19 heavy (non-hydrogen) atoms. The van der Waals surface area contributed by atoms with Crippen LogP contribution in [0.5, 0.6) is 0 Å². The number of anilines is 1. The van der Waals surface area contributed by atoms with Crippen molar-refractivity contribution in [2.75, 3.05) is 12.4 Å². The van der Waals surface area contributed by atoms with Gasteiger partial charge in [-0.1, -0.05) is 13.8 Å². The van der Waals surface area contributed by atoms with E-state index in [0.29, 0.717) is 23.0 Å². The van der Waals surface area contributed by atoms with Crippen molar-refractivity contribution in [1.29, 1.82) is 0 Å². The van der Waals surface area contributed by atoms with Gasteiger partial charge in [-0.15, -0.1) is 0 Å². The average molecular weight is 257 g/mol. The summed E-state index contributed by atoms with van der Waals surface area (Å²) in [7, 11) is 1.79. The van der Waals surface area contributed by atoms with Crippen LogP contribution in [0.15, 0.2) is 35.3 Å². The lowest BCUT2D eigenvalue weighted by atomic mass is 10.3. The highest BCUT2D eigenvalue weighted by Gasteiger charge is 2.08. The number of rotatable bonds is 2. The maximum atomic E-state index is 5.24. The van der Waals surface area contributed by atoms with Gasteiger partial charge in [0.15, 0.2) is 17.2 Å². The maximum Gasteiger partial charge on any atom is 0.197 e. The molecule has 6 heteroatoms. The van der Waals surface area contributed by atoms with Gasteiger partial charge in [0.25, 0.3) is 0 Å². The second kappa shape index (κ2) is 5.90. The summed E-state index contributed by atoms with van der Waals surface area (Å²) in [6, 6.07) is 3.60. The molecule has 0 spiro atoms. The van der Waals surface area contributed by atoms with Gasteiger partial charge in [-0.05, 0) is 12.1 Å². The van der Waals surface area contributed by atoms with E-state index in [2.05, 4.69) is 25.3 Å². The summed E-state index contributed by atoms with van der Waals surface area (Å²) in [5.74, 6) is 1.85. The normalized spacial score (nSPS) is 9.84. The Balaban J connectivity index is 0.000000637. The third kappa shape index (κ3) is 2.52. The Kier molecular flexibility index (Phi) is 4.02. The molecule has 0 bridgehead atoms. The molecule has 0 saturated carbocycles. The number of nitrogens with zero attached hydrogens (tertiary/aromatic N) is 4. The Hall–Kier alpha value is -2.50. The standard InChI is InChI=1S/C11H9N5O.C2H6/c1-12-9-7-5-13-11(8-3-2-4-17-8)16-10(7)15-6-14-9;1-2/h2-6H,1H3,(H,12,13,14,15,16);1-2H3. The third-order valence-corrected chi connectivity index (χ3v) is 2.37. The molecule has 6 nitrogen and oxygen atoms in total. The second-order valence-corrected chi connectivity index (χ2v) is 3.38. The molecule has 3 rings (SSSR count). The molecule has 3 heterocycles. The van der Waals surface area contributed by atoms with E-state index in [9.17, 15) is 0 Å². The van der Waals surface area contributed by atoms with Gasteiger partial charge in [0, 0.05) is 13.2 Å². The fourth-order valence-electron chi connectivity index (χ4n) is 1.57. The predicted molar refractivity (Wildman–Crippen MR) is 73.7 cm³/mol. The number of aromatic nitrogens is 4. The molecular formula is C13H15N5O. The molecule has 0 aliphatic carbocycles. The van der Waals surface area contributed by atoms with Gasteiger partial charge in [0.05, 0.1) is 11.6 Å². The minimum absolute atomic E-state index is 0.517. The van der Waals surface area contributed by atoms with Crippen LogP contribution in [0.1, 0.15) is 13.8 Å². The lowest BCUT2D eigenvalue weighted by molar-refractivity contribution is 0.577. The van der Waals surface area contributed by atoms with E-state index in [0.717, 1.165) is 5.39 Å². The fraction of sp³-hybridized carbons (Fsp3) is 0.231. The molecule has 0 aliphatic rings. The first-order chi connectivity index (χ1) is 9.38. The van der Waals surface area contributed by atoms with Gasteiger partial charge < -0.3 is 9.73 Å². The summed E-state index contributed by atoms with van der Waals surface area (Å²) in [5, 5.41) is 3.75. The minimum atomic E-state index is 0.517. The van der Waals surface area contributed by atoms with Crippen molar-refractivity contribution in [3.05, 3.63) is 30.9 Å². The zero-order chi connectivity index (χ0) is 13.7. The molecule has 0 fully saturated rings. The fourth-order valence-corrected chi connectivity index (χ4v) is 1.57. The number of fused-ring (bicyclic) bond motifs is 1. The molecular weight excluding hydrogens is 242 g/mol. The molecule has 1 N–H and O–H groups in total. The van der Waals surface area contributed by atoms with Crippen LogP contribution >= 0.6 is 0 Å². The maximum absolute atomic E-state index is 5.24. The topological polar surface area (TPSA) is 76.7 Å². The minimum Gasteiger partial charge on any atom is -0.461 e. The first-order valence-electron chi connectivity index (χ1n) is 6.08. The first-order valence-corrected chi connectivity index (χ1v) is 6.08. The van der Waals surface area contributed by atoms with Crippen LogP contribution in [-0.2, 0) is 0 Å². The molecule has 0 atom stereocenters. The van der Waals surface area contributed by atoms with E-state index < -0.39 is 0 Å². The van der Waals surface area contributed by atoms with Gasteiger partial charge in [0.2, 0.25) is 0 Å². The Labute approximate surface area is 110 Å². The molecule has 0 amide bonds. The van der Waals surface area contributed by atoms with E-state index >= 15 is 0 Å². The summed E-state index contributed by atoms with van der Waals surface area (Å²) in [5.41, 5.74) is 0.589. The molecule has 3 aromatic rings. The summed E-state index contributed by atoms with van der Waals surface area (Å²) in [4.78, 5) is 16.8. The highest BCUT2D eigenvalue weighted by Crippen LogP contribution is 2.20. The summed E-state index contributed by atoms with van der Waals surface area (Å²) < 4.78 is 5.24. The van der Waals surface area contributed by atoms with Crippen molar-refractivity contribution in [2.45, 2.75) is 13.8 Å². The highest BCUT2D eigenvalue weighted by molar-refractivity contribution is 5.86. The largest absolute Gasteiger partial charge is 0.461 e. The number of hydrogen-bond donors (Lipinski definition) is 1. The average Bonchev–Trinajstić information content (AvgIpc) is 3.02. The van der Waals surface area contributed by atoms with E-state index in [1.165, 1.54) is 6.33 Å². The predicted octanol–water partition coefficient (Wildman–Crippen LogP) is 2.75. The van der Waals surface area contributed by atoms with Crippen molar-refractivity contribution in [2.24, 2.45) is 0 Å². The smallest absolute Gasteiger partial charge is 0.197 e. The molecule has 0 aliphatic heterocycles. The highest BCUT2D eigenvalue weighted by atomic mass is 16.3. The molecule has 0 aromatic carbocycles. The van der Waals surface area contributed by atoms with Crippen LogP contribution in [0.3, 0.4) is 0 Å². The van der Waals surface area contributed by atoms with Gasteiger partial charge in [0.1, 0.15) is 12.1 Å². The van der Waals surface area contributed by atoms with Gasteiger partial charge >= 0.3 is 0 Å². The zero-order valence-electron chi connectivity index (χ0n) is 11.1. The molecule has 0 radical (unpaired) electrons. The Morgan fingerprint density at radius 1 is 1.16 bits per heavy atom. The first kappa shape index (κ1) is 12.9. The van der Waals surface area contributed by atoms with Crippen LogP contribution in [-0.4, -0.2) is 27.0 Å². The SMILES string of the molecule is CC.CNc1ncnc2nc(-c3ccco3)ncc12. The summed E-state index contributed by atoms with van der Waals surface area (Å²) in [6.45, 7) is 4.00. The molecule has 0 unspecified atom stereocenters. The Bertz CT molecular complexity index is 651. The molecule has 98 valence electrons. The quantitative estimate of drug-likeness (QED) is 0.760. The van der Waals surface area contributed by atoms with Gasteiger partial charge in [-0.25, -0.2) is 19.9 Å². The third-order valence-electron chi connectivity index (χ3n) is 2.37. The van der Waals surface area contributed by atoms with Crippen LogP contribution < -0.4 is 5.32 Å². The lowest BCUT2D eigenvalue weighted by Gasteiger charge is -2.03. The zero-order valence-corrected chi connectivity index (χ0v) is 11.1. The summed E-state index contributed by atoms with van der Waals surface area (Å²) >= 11 is 0. The molecule has 3 aromatic heterocycles. The monoisotopic (exact) mass is 257 g/mol. The van der Waals surface area contributed by atoms with Crippen molar-refractivity contribution in [3.8, 4) is 11.6 Å². The van der Waals surface area contributed by atoms with Crippen molar-refractivity contribution >= 4 is 16.9 Å². The van der Waals surface area contributed by atoms with E-state index in [-0.39, 0.29) is 0 Å². The van der Waals surface area contributed by atoms with Crippen molar-refractivity contribution in [1.82, 2.24) is 19.9 Å². The Morgan fingerprint density at radius 2 is 2.00 bits per heavy atom. The van der Waals surface area contributed by atoms with Crippen molar-refractivity contribution in [3.63, 3.8) is 0 Å². The van der Waals surface area contributed by atoms with Gasteiger partial charge in [-0.2, -0.15) is 0 Å². The van der Waals surface area contributed by atoms with Gasteiger partial charge in [-0.3, -0.25) is 0 Å². The van der Waals surface area contributed by atoms with E-state index in [1.54, 1.807) is 31.6 Å². The number of furan rings is 1. The van der Waals surface area contributed by atoms with Crippen LogP contribution in [0.2, 0.25) is 0 Å². The lowest BCUT2D eigenvalue weighted by Crippen LogP contribution is -1.98. The van der Waals surface area contributed by atoms with Crippen LogP contribution in [0.4, 0.5) is 5.82 Å². The van der Waals surface area contributed by atoms with E-state index in [4.69, 9.17) is 4.42 Å². The number of nitrogens with one attached hydrogen (secondary N) is 1. The number of hydrogen-bond acceptors (Lipinski definition) is 6. The van der Waals surface area contributed by atoms with Crippen LogP contribution in [0, 0.1) is 0 Å². The van der Waals surface area contributed by atoms with Crippen LogP contribution in [0.25, 0.3) is 22.6 Å². The van der Waals surface area contributed by atoms with E-state index in [1.807, 2.05) is 13.8 Å². The van der Waals surface area contributed by atoms with Crippen molar-refractivity contribution < 1.29 is 4.42 Å². The Morgan fingerprint density at radius 3 is 2.68 bits per heavy atom. The summed E-state index contributed by atoms with van der Waals surface area (Å²) in [6.07, 6.45) is 4.74. The second-order valence-electron chi connectivity index (χ2n) is 3.38.